The number of aromatic nitrogens is 2. The van der Waals surface area contributed by atoms with E-state index in [4.69, 9.17) is 26.1 Å². The second kappa shape index (κ2) is 8.21. The molecule has 0 amide bonds. The number of rotatable bonds is 4. The minimum atomic E-state index is 0.304. The number of imidazole rings is 1. The van der Waals surface area contributed by atoms with Crippen molar-refractivity contribution in [3.63, 3.8) is 0 Å². The molecule has 1 aromatic heterocycles. The summed E-state index contributed by atoms with van der Waals surface area (Å²) in [5, 5.41) is 0.593. The third kappa shape index (κ3) is 3.70. The average Bonchev–Trinajstić information content (AvgIpc) is 3.34. The summed E-state index contributed by atoms with van der Waals surface area (Å²) < 4.78 is 13.3. The fourth-order valence-corrected chi connectivity index (χ4v) is 5.20. The molecule has 31 heavy (non-hydrogen) atoms. The number of fused-ring (bicyclic) bond motifs is 1. The van der Waals surface area contributed by atoms with Gasteiger partial charge in [-0.05, 0) is 62.1 Å². The van der Waals surface area contributed by atoms with E-state index < -0.39 is 0 Å². The van der Waals surface area contributed by atoms with Gasteiger partial charge in [-0.2, -0.15) is 0 Å². The van der Waals surface area contributed by atoms with Crippen LogP contribution in [0.4, 0.5) is 0 Å². The Balaban J connectivity index is 1.46. The molecule has 0 saturated carbocycles. The highest BCUT2D eigenvalue weighted by Crippen LogP contribution is 2.39. The molecule has 1 unspecified atom stereocenters. The highest BCUT2D eigenvalue weighted by Gasteiger charge is 2.28. The van der Waals surface area contributed by atoms with Gasteiger partial charge < -0.3 is 14.0 Å². The number of aryl methyl sites for hydroxylation is 2. The summed E-state index contributed by atoms with van der Waals surface area (Å²) in [6, 6.07) is 13.0. The topological polar surface area (TPSA) is 39.5 Å². The molecule has 6 heteroatoms. The number of piperidine rings is 1. The fourth-order valence-electron chi connectivity index (χ4n) is 4.93. The molecule has 2 aliphatic rings. The van der Waals surface area contributed by atoms with Gasteiger partial charge in [-0.15, -0.1) is 0 Å². The van der Waals surface area contributed by atoms with Crippen molar-refractivity contribution in [2.24, 2.45) is 7.05 Å². The summed E-state index contributed by atoms with van der Waals surface area (Å²) in [6.07, 6.45) is 3.54. The van der Waals surface area contributed by atoms with E-state index in [1.54, 1.807) is 0 Å². The maximum absolute atomic E-state index is 6.70. The van der Waals surface area contributed by atoms with Crippen LogP contribution in [0, 0.1) is 13.8 Å². The molecule has 3 heterocycles. The number of hydrogen-bond acceptors (Lipinski definition) is 4. The lowest BCUT2D eigenvalue weighted by molar-refractivity contribution is 0.137. The van der Waals surface area contributed by atoms with E-state index in [0.717, 1.165) is 42.5 Å². The van der Waals surface area contributed by atoms with E-state index in [-0.39, 0.29) is 0 Å². The zero-order valence-corrected chi connectivity index (χ0v) is 19.1. The molecular formula is C25H28ClN3O2. The molecule has 3 aromatic rings. The second-order valence-electron chi connectivity index (χ2n) is 8.59. The Bertz CT molecular complexity index is 1100. The lowest BCUT2D eigenvalue weighted by Crippen LogP contribution is -2.33. The van der Waals surface area contributed by atoms with Crippen molar-refractivity contribution in [2.75, 3.05) is 13.3 Å². The van der Waals surface area contributed by atoms with Gasteiger partial charge in [0.15, 0.2) is 16.7 Å². The molecular weight excluding hydrogens is 410 g/mol. The lowest BCUT2D eigenvalue weighted by Gasteiger charge is -2.36. The minimum absolute atomic E-state index is 0.304. The monoisotopic (exact) mass is 437 g/mol. The Morgan fingerprint density at radius 2 is 1.84 bits per heavy atom. The van der Waals surface area contributed by atoms with E-state index in [9.17, 15) is 0 Å². The minimum Gasteiger partial charge on any atom is -0.454 e. The first-order chi connectivity index (χ1) is 15.0. The van der Waals surface area contributed by atoms with Crippen molar-refractivity contribution >= 4 is 11.6 Å². The molecule has 1 atom stereocenters. The Labute approximate surface area is 188 Å². The quantitative estimate of drug-likeness (QED) is 0.516. The molecule has 2 aliphatic heterocycles. The van der Waals surface area contributed by atoms with Crippen LogP contribution < -0.4 is 9.47 Å². The van der Waals surface area contributed by atoms with Gasteiger partial charge in [0.05, 0.1) is 5.69 Å². The highest BCUT2D eigenvalue weighted by atomic mass is 35.5. The number of halogens is 1. The SMILES string of the molecule is Cc1cccc(C)c1-c1nc(Cl)c(CN2CCCCC2c2ccc3c(c2)OCO3)n1C. The molecule has 2 aromatic carbocycles. The molecule has 1 fully saturated rings. The smallest absolute Gasteiger partial charge is 0.231 e. The van der Waals surface area contributed by atoms with Crippen LogP contribution in [-0.4, -0.2) is 27.8 Å². The fraction of sp³-hybridized carbons (Fsp3) is 0.400. The van der Waals surface area contributed by atoms with Gasteiger partial charge >= 0.3 is 0 Å². The third-order valence-electron chi connectivity index (χ3n) is 6.62. The van der Waals surface area contributed by atoms with Crippen molar-refractivity contribution in [1.29, 1.82) is 0 Å². The van der Waals surface area contributed by atoms with Crippen LogP contribution in [0.1, 0.15) is 47.7 Å². The van der Waals surface area contributed by atoms with Crippen molar-refractivity contribution < 1.29 is 9.47 Å². The number of hydrogen-bond donors (Lipinski definition) is 0. The van der Waals surface area contributed by atoms with E-state index in [2.05, 4.69) is 60.7 Å². The van der Waals surface area contributed by atoms with Gasteiger partial charge in [0.2, 0.25) is 6.79 Å². The molecule has 162 valence electrons. The maximum Gasteiger partial charge on any atom is 0.231 e. The van der Waals surface area contributed by atoms with Crippen molar-refractivity contribution in [1.82, 2.24) is 14.5 Å². The summed E-state index contributed by atoms with van der Waals surface area (Å²) in [5.74, 6) is 2.62. The standard InChI is InChI=1S/C25H28ClN3O2/c1-16-7-6-8-17(2)23(16)25-27-24(26)20(28(25)3)14-29-12-5-4-9-19(29)18-10-11-21-22(13-18)31-15-30-21/h6-8,10-11,13,19H,4-5,9,12,14-15H2,1-3H3. The summed E-state index contributed by atoms with van der Waals surface area (Å²) in [7, 11) is 2.08. The van der Waals surface area contributed by atoms with Crippen LogP contribution in [0.25, 0.3) is 11.4 Å². The molecule has 1 saturated heterocycles. The number of benzene rings is 2. The summed E-state index contributed by atoms with van der Waals surface area (Å²) in [4.78, 5) is 7.30. The van der Waals surface area contributed by atoms with Crippen molar-refractivity contribution in [3.05, 3.63) is 63.9 Å². The largest absolute Gasteiger partial charge is 0.454 e. The average molecular weight is 438 g/mol. The highest BCUT2D eigenvalue weighted by molar-refractivity contribution is 6.30. The summed E-state index contributed by atoms with van der Waals surface area (Å²) in [6.45, 7) is 6.38. The van der Waals surface area contributed by atoms with E-state index in [1.807, 2.05) is 6.07 Å². The van der Waals surface area contributed by atoms with Crippen LogP contribution in [0.2, 0.25) is 5.15 Å². The third-order valence-corrected chi connectivity index (χ3v) is 6.92. The molecule has 0 spiro atoms. The predicted octanol–water partition coefficient (Wildman–Crippen LogP) is 5.81. The molecule has 5 nitrogen and oxygen atoms in total. The Kier molecular flexibility index (Phi) is 5.40. The van der Waals surface area contributed by atoms with Gasteiger partial charge in [0.1, 0.15) is 5.82 Å². The first-order valence-corrected chi connectivity index (χ1v) is 11.3. The van der Waals surface area contributed by atoms with Gasteiger partial charge in [-0.3, -0.25) is 4.90 Å². The number of ether oxygens (including phenoxy) is 2. The van der Waals surface area contributed by atoms with E-state index in [0.29, 0.717) is 18.0 Å². The molecule has 0 radical (unpaired) electrons. The Morgan fingerprint density at radius 3 is 2.65 bits per heavy atom. The van der Waals surface area contributed by atoms with Crippen LogP contribution >= 0.6 is 11.6 Å². The van der Waals surface area contributed by atoms with E-state index >= 15 is 0 Å². The Morgan fingerprint density at radius 1 is 1.06 bits per heavy atom. The summed E-state index contributed by atoms with van der Waals surface area (Å²) in [5.41, 5.74) is 5.94. The van der Waals surface area contributed by atoms with Crippen LogP contribution in [0.15, 0.2) is 36.4 Å². The van der Waals surface area contributed by atoms with Crippen LogP contribution in [0.5, 0.6) is 11.5 Å². The molecule has 0 bridgehead atoms. The zero-order chi connectivity index (χ0) is 21.5. The first kappa shape index (κ1) is 20.4. The van der Waals surface area contributed by atoms with E-state index in [1.165, 1.54) is 35.1 Å². The van der Waals surface area contributed by atoms with Gasteiger partial charge in [-0.25, -0.2) is 4.98 Å². The van der Waals surface area contributed by atoms with Crippen molar-refractivity contribution in [3.8, 4) is 22.9 Å². The molecule has 0 N–H and O–H groups in total. The normalized spacial score (nSPS) is 18.5. The maximum atomic E-state index is 6.70. The molecule has 0 aliphatic carbocycles. The van der Waals surface area contributed by atoms with Crippen LogP contribution in [0.3, 0.4) is 0 Å². The van der Waals surface area contributed by atoms with Gasteiger partial charge in [-0.1, -0.05) is 42.3 Å². The Hall–Kier alpha value is -2.50. The number of likely N-dealkylation sites (tertiary alicyclic amines) is 1. The number of nitrogens with zero attached hydrogens (tertiary/aromatic N) is 3. The van der Waals surface area contributed by atoms with Crippen molar-refractivity contribution in [2.45, 2.75) is 45.7 Å². The lowest BCUT2D eigenvalue weighted by atomic mass is 9.94. The zero-order valence-electron chi connectivity index (χ0n) is 18.3. The second-order valence-corrected chi connectivity index (χ2v) is 8.95. The predicted molar refractivity (Wildman–Crippen MR) is 123 cm³/mol. The van der Waals surface area contributed by atoms with Crippen LogP contribution in [-0.2, 0) is 13.6 Å². The van der Waals surface area contributed by atoms with Gasteiger partial charge in [0.25, 0.3) is 0 Å². The summed E-state index contributed by atoms with van der Waals surface area (Å²) >= 11 is 6.70. The van der Waals surface area contributed by atoms with Gasteiger partial charge in [0, 0.05) is 25.2 Å². The molecule has 5 rings (SSSR count). The first-order valence-electron chi connectivity index (χ1n) is 10.9.